The molecule has 2 aliphatic rings. The summed E-state index contributed by atoms with van der Waals surface area (Å²) in [7, 11) is 1.46. The molecule has 6 rings (SSSR count). The Bertz CT molecular complexity index is 1780. The molecule has 3 atom stereocenters. The van der Waals surface area contributed by atoms with Crippen LogP contribution >= 0.6 is 0 Å². The molecule has 2 fully saturated rings. The molecule has 0 aliphatic carbocycles. The summed E-state index contributed by atoms with van der Waals surface area (Å²) in [5.41, 5.74) is 6.00. The standard InChI is InChI=1S/C38H47N7O4/c1-23(2)20-33(46)44-18-6-8-31(44)35-39-21-29(41-35)27-14-10-25(11-15-27)26-12-16-28(17-13-26)30-22-40-36(42-30)32-9-7-19-45(32)37(47)34(24(3)4)43(5)38(48)49/h10-17,21-24,31-32,34H,6-9,18-20H2,1-5H3,(H,39,41)(H,40,42)(H,48,49)/t31?,32-,34-/m0/s1. The number of nitrogens with one attached hydrogen (secondary N) is 2. The summed E-state index contributed by atoms with van der Waals surface area (Å²) >= 11 is 0. The number of imidazole rings is 2. The van der Waals surface area contributed by atoms with Gasteiger partial charge >= 0.3 is 6.09 Å². The van der Waals surface area contributed by atoms with Crippen molar-refractivity contribution in [1.29, 1.82) is 0 Å². The largest absolute Gasteiger partial charge is 0.465 e. The normalized spacial score (nSPS) is 18.4. The molecule has 11 nitrogen and oxygen atoms in total. The first kappa shape index (κ1) is 34.0. The van der Waals surface area contributed by atoms with Gasteiger partial charge in [-0.15, -0.1) is 0 Å². The van der Waals surface area contributed by atoms with Crippen molar-refractivity contribution in [2.45, 2.75) is 77.9 Å². The van der Waals surface area contributed by atoms with E-state index < -0.39 is 12.1 Å². The van der Waals surface area contributed by atoms with Crippen LogP contribution in [-0.2, 0) is 9.59 Å². The monoisotopic (exact) mass is 665 g/mol. The molecule has 49 heavy (non-hydrogen) atoms. The molecular weight excluding hydrogens is 618 g/mol. The predicted molar refractivity (Wildman–Crippen MR) is 188 cm³/mol. The minimum Gasteiger partial charge on any atom is -0.465 e. The molecule has 0 radical (unpaired) electrons. The van der Waals surface area contributed by atoms with E-state index in [4.69, 9.17) is 0 Å². The quantitative estimate of drug-likeness (QED) is 0.165. The molecule has 2 aromatic heterocycles. The van der Waals surface area contributed by atoms with Crippen LogP contribution in [0, 0.1) is 11.8 Å². The second-order valence-corrected chi connectivity index (χ2v) is 14.1. The Hall–Kier alpha value is -4.93. The Morgan fingerprint density at radius 3 is 1.67 bits per heavy atom. The van der Waals surface area contributed by atoms with Gasteiger partial charge in [0.1, 0.15) is 17.7 Å². The maximum atomic E-state index is 13.5. The highest BCUT2D eigenvalue weighted by Gasteiger charge is 2.39. The predicted octanol–water partition coefficient (Wildman–Crippen LogP) is 7.14. The fourth-order valence-electron chi connectivity index (χ4n) is 7.31. The highest BCUT2D eigenvalue weighted by molar-refractivity contribution is 5.86. The fourth-order valence-corrected chi connectivity index (χ4v) is 7.31. The number of H-pyrrole nitrogens is 2. The lowest BCUT2D eigenvalue weighted by Crippen LogP contribution is -2.51. The van der Waals surface area contributed by atoms with Gasteiger partial charge in [0, 0.05) is 26.6 Å². The highest BCUT2D eigenvalue weighted by atomic mass is 16.4. The van der Waals surface area contributed by atoms with E-state index in [-0.39, 0.29) is 29.8 Å². The molecule has 2 aliphatic heterocycles. The van der Waals surface area contributed by atoms with Gasteiger partial charge in [-0.1, -0.05) is 76.2 Å². The van der Waals surface area contributed by atoms with Crippen LogP contribution in [0.15, 0.2) is 60.9 Å². The van der Waals surface area contributed by atoms with Gasteiger partial charge < -0.3 is 24.9 Å². The van der Waals surface area contributed by atoms with Crippen molar-refractivity contribution in [3.05, 3.63) is 72.6 Å². The fraction of sp³-hybridized carbons (Fsp3) is 0.447. The van der Waals surface area contributed by atoms with Gasteiger partial charge in [0.2, 0.25) is 11.8 Å². The van der Waals surface area contributed by atoms with E-state index in [1.54, 1.807) is 11.1 Å². The molecule has 4 heterocycles. The van der Waals surface area contributed by atoms with Crippen LogP contribution in [0.25, 0.3) is 33.6 Å². The lowest BCUT2D eigenvalue weighted by molar-refractivity contribution is -0.138. The number of likely N-dealkylation sites (tertiary alicyclic amines) is 2. The summed E-state index contributed by atoms with van der Waals surface area (Å²) in [6, 6.07) is 15.7. The van der Waals surface area contributed by atoms with Crippen molar-refractivity contribution in [1.82, 2.24) is 34.6 Å². The van der Waals surface area contributed by atoms with E-state index in [0.29, 0.717) is 24.7 Å². The van der Waals surface area contributed by atoms with Crippen LogP contribution in [0.5, 0.6) is 0 Å². The molecule has 0 saturated carbocycles. The summed E-state index contributed by atoms with van der Waals surface area (Å²) in [5, 5.41) is 9.55. The average molecular weight is 666 g/mol. The maximum Gasteiger partial charge on any atom is 0.407 e. The van der Waals surface area contributed by atoms with Gasteiger partial charge in [-0.3, -0.25) is 14.5 Å². The molecule has 258 valence electrons. The number of hydrogen-bond donors (Lipinski definition) is 3. The molecule has 11 heteroatoms. The smallest absolute Gasteiger partial charge is 0.407 e. The summed E-state index contributed by atoms with van der Waals surface area (Å²) in [6.07, 6.45) is 6.63. The zero-order valence-electron chi connectivity index (χ0n) is 29.0. The lowest BCUT2D eigenvalue weighted by Gasteiger charge is -2.33. The Morgan fingerprint density at radius 2 is 1.22 bits per heavy atom. The summed E-state index contributed by atoms with van der Waals surface area (Å²) in [4.78, 5) is 59.1. The second kappa shape index (κ2) is 14.3. The minimum atomic E-state index is -1.11. The van der Waals surface area contributed by atoms with Crippen molar-refractivity contribution < 1.29 is 19.5 Å². The molecule has 3 N–H and O–H groups in total. The average Bonchev–Trinajstić information content (AvgIpc) is 3.90. The third-order valence-corrected chi connectivity index (χ3v) is 9.84. The Morgan fingerprint density at radius 1 is 0.776 bits per heavy atom. The summed E-state index contributed by atoms with van der Waals surface area (Å²) < 4.78 is 0. The third kappa shape index (κ3) is 7.11. The molecular formula is C38H47N7O4. The molecule has 0 bridgehead atoms. The van der Waals surface area contributed by atoms with E-state index in [0.717, 1.165) is 76.6 Å². The number of benzene rings is 2. The van der Waals surface area contributed by atoms with Gasteiger partial charge in [0.25, 0.3) is 0 Å². The highest BCUT2D eigenvalue weighted by Crippen LogP contribution is 2.35. The lowest BCUT2D eigenvalue weighted by atomic mass is 10.0. The summed E-state index contributed by atoms with van der Waals surface area (Å²) in [5.74, 6) is 1.76. The van der Waals surface area contributed by atoms with Crippen LogP contribution in [0.3, 0.4) is 0 Å². The van der Waals surface area contributed by atoms with Gasteiger partial charge in [-0.2, -0.15) is 0 Å². The van der Waals surface area contributed by atoms with Crippen molar-refractivity contribution in [2.75, 3.05) is 20.1 Å². The SMILES string of the molecule is CC(C)CC(=O)N1CCCC1c1ncc(-c2ccc(-c3ccc(-c4cnc([C@@H]5CCCN5C(=O)[C@H](C(C)C)N(C)C(=O)O)[nH]4)cc3)cc2)[nH]1. The van der Waals surface area contributed by atoms with E-state index in [1.165, 1.54) is 7.05 Å². The van der Waals surface area contributed by atoms with Gasteiger partial charge in [0.15, 0.2) is 0 Å². The zero-order chi connectivity index (χ0) is 34.8. The number of likely N-dealkylation sites (N-methyl/N-ethyl adjacent to an activating group) is 1. The molecule has 1 unspecified atom stereocenters. The van der Waals surface area contributed by atoms with Crippen molar-refractivity contribution in [3.8, 4) is 33.6 Å². The first-order valence-electron chi connectivity index (χ1n) is 17.4. The van der Waals surface area contributed by atoms with Crippen molar-refractivity contribution in [2.24, 2.45) is 11.8 Å². The number of aromatic nitrogens is 4. The van der Waals surface area contributed by atoms with Gasteiger partial charge in [0.05, 0.1) is 35.9 Å². The van der Waals surface area contributed by atoms with Gasteiger partial charge in [-0.05, 0) is 59.8 Å². The maximum absolute atomic E-state index is 13.5. The number of nitrogens with zero attached hydrogens (tertiary/aromatic N) is 5. The topological polar surface area (TPSA) is 139 Å². The number of carbonyl (C=O) groups excluding carboxylic acids is 2. The molecule has 2 saturated heterocycles. The molecule has 0 spiro atoms. The molecule has 3 amide bonds. The number of amides is 3. The van der Waals surface area contributed by atoms with Gasteiger partial charge in [-0.25, -0.2) is 14.8 Å². The minimum absolute atomic E-state index is 0.00592. The number of aromatic amines is 2. The molecule has 2 aromatic carbocycles. The van der Waals surface area contributed by atoms with Crippen LogP contribution in [-0.4, -0.2) is 83.8 Å². The molecule has 4 aromatic rings. The van der Waals surface area contributed by atoms with Crippen molar-refractivity contribution in [3.63, 3.8) is 0 Å². The number of carboxylic acid groups (broad SMARTS) is 1. The van der Waals surface area contributed by atoms with Crippen LogP contribution in [0.2, 0.25) is 0 Å². The first-order valence-corrected chi connectivity index (χ1v) is 17.4. The van der Waals surface area contributed by atoms with E-state index in [1.807, 2.05) is 24.9 Å². The third-order valence-electron chi connectivity index (χ3n) is 9.84. The number of carbonyl (C=O) groups is 3. The number of hydrogen-bond acceptors (Lipinski definition) is 5. The van der Waals surface area contributed by atoms with Crippen LogP contribution in [0.4, 0.5) is 4.79 Å². The first-order chi connectivity index (χ1) is 23.5. The zero-order valence-corrected chi connectivity index (χ0v) is 29.0. The Kier molecular flexibility index (Phi) is 9.89. The van der Waals surface area contributed by atoms with E-state index >= 15 is 0 Å². The number of rotatable bonds is 10. The van der Waals surface area contributed by atoms with E-state index in [9.17, 15) is 19.5 Å². The van der Waals surface area contributed by atoms with Crippen LogP contribution < -0.4 is 0 Å². The van der Waals surface area contributed by atoms with Crippen LogP contribution in [0.1, 0.15) is 83.5 Å². The summed E-state index contributed by atoms with van der Waals surface area (Å²) in [6.45, 7) is 9.25. The Balaban J connectivity index is 1.12. The van der Waals surface area contributed by atoms with E-state index in [2.05, 4.69) is 82.3 Å². The Labute approximate surface area is 287 Å². The van der Waals surface area contributed by atoms with Crippen molar-refractivity contribution >= 4 is 17.9 Å². The second-order valence-electron chi connectivity index (χ2n) is 14.1.